The first kappa shape index (κ1) is 19.0. The maximum absolute atomic E-state index is 12.2. The number of carbonyl (C=O) groups excluding carboxylic acids is 2. The lowest BCUT2D eigenvalue weighted by Gasteiger charge is -2.16. The number of hydrogen-bond donors (Lipinski definition) is 2. The van der Waals surface area contributed by atoms with Crippen LogP contribution in [0, 0.1) is 0 Å². The Kier molecular flexibility index (Phi) is 7.07. The van der Waals surface area contributed by atoms with E-state index in [4.69, 9.17) is 4.74 Å². The van der Waals surface area contributed by atoms with Crippen molar-refractivity contribution in [1.82, 2.24) is 5.32 Å². The number of phenolic OH excluding ortho intramolecular Hbond substituents is 1. The Morgan fingerprint density at radius 1 is 1.17 bits per heavy atom. The van der Waals surface area contributed by atoms with Crippen molar-refractivity contribution in [2.45, 2.75) is 52.9 Å². The SMILES string of the molecule is CCCNC(=O)COC(=O)c1cc(C(C)C)cc(C(C)C)c1O. The van der Waals surface area contributed by atoms with Crippen LogP contribution in [0.25, 0.3) is 0 Å². The number of phenols is 1. The molecule has 5 heteroatoms. The lowest BCUT2D eigenvalue weighted by Crippen LogP contribution is -2.29. The monoisotopic (exact) mass is 321 g/mol. The molecule has 1 aromatic rings. The van der Waals surface area contributed by atoms with E-state index in [0.29, 0.717) is 12.1 Å². The van der Waals surface area contributed by atoms with E-state index in [1.807, 2.05) is 40.7 Å². The number of nitrogens with one attached hydrogen (secondary N) is 1. The van der Waals surface area contributed by atoms with Crippen molar-refractivity contribution < 1.29 is 19.4 Å². The fraction of sp³-hybridized carbons (Fsp3) is 0.556. The summed E-state index contributed by atoms with van der Waals surface area (Å²) in [7, 11) is 0. The number of rotatable bonds is 7. The molecule has 23 heavy (non-hydrogen) atoms. The van der Waals surface area contributed by atoms with Crippen LogP contribution in [0.15, 0.2) is 12.1 Å². The standard InChI is InChI=1S/C18H27NO4/c1-6-7-19-16(20)10-23-18(22)15-9-13(11(2)3)8-14(12(4)5)17(15)21/h8-9,11-12,21H,6-7,10H2,1-5H3,(H,19,20). The molecule has 0 aromatic heterocycles. The average molecular weight is 321 g/mol. The summed E-state index contributed by atoms with van der Waals surface area (Å²) >= 11 is 0. The zero-order valence-electron chi connectivity index (χ0n) is 14.6. The summed E-state index contributed by atoms with van der Waals surface area (Å²) in [6, 6.07) is 3.55. The minimum atomic E-state index is -0.682. The number of esters is 1. The second kappa shape index (κ2) is 8.56. The van der Waals surface area contributed by atoms with Gasteiger partial charge in [-0.15, -0.1) is 0 Å². The van der Waals surface area contributed by atoms with Crippen LogP contribution in [0.4, 0.5) is 0 Å². The molecule has 1 aromatic carbocycles. The Bertz CT molecular complexity index is 564. The van der Waals surface area contributed by atoms with Gasteiger partial charge in [0.25, 0.3) is 5.91 Å². The van der Waals surface area contributed by atoms with E-state index in [-0.39, 0.29) is 35.7 Å². The van der Waals surface area contributed by atoms with E-state index >= 15 is 0 Å². The summed E-state index contributed by atoms with van der Waals surface area (Å²) in [5, 5.41) is 13.0. The predicted molar refractivity (Wildman–Crippen MR) is 89.9 cm³/mol. The van der Waals surface area contributed by atoms with Crippen LogP contribution in [0.2, 0.25) is 0 Å². The van der Waals surface area contributed by atoms with Gasteiger partial charge in [0.1, 0.15) is 11.3 Å². The molecule has 0 bridgehead atoms. The third-order valence-electron chi connectivity index (χ3n) is 3.58. The molecule has 0 fully saturated rings. The molecule has 0 unspecified atom stereocenters. The molecule has 2 N–H and O–H groups in total. The normalized spacial score (nSPS) is 10.9. The number of carbonyl (C=O) groups is 2. The zero-order valence-corrected chi connectivity index (χ0v) is 14.6. The van der Waals surface area contributed by atoms with E-state index in [9.17, 15) is 14.7 Å². The topological polar surface area (TPSA) is 75.6 Å². The van der Waals surface area contributed by atoms with E-state index in [1.54, 1.807) is 6.07 Å². The Balaban J connectivity index is 2.97. The van der Waals surface area contributed by atoms with Crippen LogP contribution < -0.4 is 5.32 Å². The summed E-state index contributed by atoms with van der Waals surface area (Å²) < 4.78 is 5.03. The van der Waals surface area contributed by atoms with Gasteiger partial charge in [0, 0.05) is 6.54 Å². The highest BCUT2D eigenvalue weighted by Crippen LogP contribution is 2.33. The van der Waals surface area contributed by atoms with E-state index in [1.165, 1.54) is 0 Å². The van der Waals surface area contributed by atoms with Crippen molar-refractivity contribution in [3.8, 4) is 5.75 Å². The highest BCUT2D eigenvalue weighted by Gasteiger charge is 2.20. The van der Waals surface area contributed by atoms with Gasteiger partial charge in [0.15, 0.2) is 6.61 Å². The zero-order chi connectivity index (χ0) is 17.6. The third kappa shape index (κ3) is 5.27. The highest BCUT2D eigenvalue weighted by molar-refractivity contribution is 5.94. The van der Waals surface area contributed by atoms with E-state index < -0.39 is 5.97 Å². The highest BCUT2D eigenvalue weighted by atomic mass is 16.5. The molecule has 0 aliphatic heterocycles. The number of benzene rings is 1. The molecule has 5 nitrogen and oxygen atoms in total. The van der Waals surface area contributed by atoms with Crippen LogP contribution in [0.5, 0.6) is 5.75 Å². The minimum Gasteiger partial charge on any atom is -0.507 e. The second-order valence-electron chi connectivity index (χ2n) is 6.24. The van der Waals surface area contributed by atoms with Crippen LogP contribution in [-0.2, 0) is 9.53 Å². The summed E-state index contributed by atoms with van der Waals surface area (Å²) in [5.74, 6) is -0.800. The lowest BCUT2D eigenvalue weighted by molar-refractivity contribution is -0.124. The number of aromatic hydroxyl groups is 1. The largest absolute Gasteiger partial charge is 0.507 e. The maximum Gasteiger partial charge on any atom is 0.342 e. The quantitative estimate of drug-likeness (QED) is 0.755. The summed E-state index contributed by atoms with van der Waals surface area (Å²) in [6.45, 7) is 10.1. The van der Waals surface area contributed by atoms with Gasteiger partial charge >= 0.3 is 5.97 Å². The van der Waals surface area contributed by atoms with Gasteiger partial charge in [0.2, 0.25) is 0 Å². The van der Waals surface area contributed by atoms with Gasteiger partial charge in [-0.2, -0.15) is 0 Å². The molecule has 0 atom stereocenters. The Labute approximate surface area is 138 Å². The Morgan fingerprint density at radius 2 is 1.83 bits per heavy atom. The molecular formula is C18H27NO4. The summed E-state index contributed by atoms with van der Waals surface area (Å²) in [4.78, 5) is 23.8. The van der Waals surface area contributed by atoms with Gasteiger partial charge in [0.05, 0.1) is 0 Å². The molecule has 0 radical (unpaired) electrons. The summed E-state index contributed by atoms with van der Waals surface area (Å²) in [5.41, 5.74) is 1.77. The molecule has 0 aliphatic rings. The molecule has 0 saturated heterocycles. The van der Waals surface area contributed by atoms with Crippen LogP contribution >= 0.6 is 0 Å². The Morgan fingerprint density at radius 3 is 2.35 bits per heavy atom. The summed E-state index contributed by atoms with van der Waals surface area (Å²) in [6.07, 6.45) is 0.814. The molecule has 0 aliphatic carbocycles. The van der Waals surface area contributed by atoms with Gasteiger partial charge in [-0.05, 0) is 35.4 Å². The molecule has 1 rings (SSSR count). The van der Waals surface area contributed by atoms with Crippen LogP contribution in [0.3, 0.4) is 0 Å². The first-order valence-electron chi connectivity index (χ1n) is 8.08. The first-order valence-corrected chi connectivity index (χ1v) is 8.08. The fourth-order valence-electron chi connectivity index (χ4n) is 2.13. The molecule has 0 heterocycles. The number of hydrogen-bond acceptors (Lipinski definition) is 4. The smallest absolute Gasteiger partial charge is 0.342 e. The second-order valence-corrected chi connectivity index (χ2v) is 6.24. The first-order chi connectivity index (χ1) is 10.8. The van der Waals surface area contributed by atoms with Crippen molar-refractivity contribution in [1.29, 1.82) is 0 Å². The third-order valence-corrected chi connectivity index (χ3v) is 3.58. The minimum absolute atomic E-state index is 0.0663. The molecule has 1 amide bonds. The van der Waals surface area contributed by atoms with Crippen molar-refractivity contribution >= 4 is 11.9 Å². The fourth-order valence-corrected chi connectivity index (χ4v) is 2.13. The van der Waals surface area contributed by atoms with E-state index in [2.05, 4.69) is 5.32 Å². The predicted octanol–water partition coefficient (Wildman–Crippen LogP) is 3.32. The molecule has 128 valence electrons. The van der Waals surface area contributed by atoms with Crippen molar-refractivity contribution in [3.63, 3.8) is 0 Å². The van der Waals surface area contributed by atoms with E-state index in [0.717, 1.165) is 12.0 Å². The number of ether oxygens (including phenoxy) is 1. The van der Waals surface area contributed by atoms with Gasteiger partial charge < -0.3 is 15.2 Å². The van der Waals surface area contributed by atoms with Crippen molar-refractivity contribution in [3.05, 3.63) is 28.8 Å². The van der Waals surface area contributed by atoms with Crippen LogP contribution in [-0.4, -0.2) is 30.1 Å². The van der Waals surface area contributed by atoms with Crippen molar-refractivity contribution in [2.75, 3.05) is 13.2 Å². The lowest BCUT2D eigenvalue weighted by atomic mass is 9.92. The maximum atomic E-state index is 12.2. The van der Waals surface area contributed by atoms with Crippen molar-refractivity contribution in [2.24, 2.45) is 0 Å². The van der Waals surface area contributed by atoms with Crippen LogP contribution in [0.1, 0.15) is 74.4 Å². The number of amides is 1. The Hall–Kier alpha value is -2.04. The molecule has 0 saturated carbocycles. The van der Waals surface area contributed by atoms with Gasteiger partial charge in [-0.25, -0.2) is 4.79 Å². The molecular weight excluding hydrogens is 294 g/mol. The van der Waals surface area contributed by atoms with Gasteiger partial charge in [-0.3, -0.25) is 4.79 Å². The van der Waals surface area contributed by atoms with Gasteiger partial charge in [-0.1, -0.05) is 40.7 Å². The molecule has 0 spiro atoms. The average Bonchev–Trinajstić information content (AvgIpc) is 2.50.